The standard InChI is InChI=1S/C13H17NO3S/c1-10-3-5-12(6-4-10)18(16,17)14-8-7-13(15)11(2)9-14/h3-6,11H,7-9H2,1-2H3/t11-/m0/s1. The Morgan fingerprint density at radius 2 is 1.83 bits per heavy atom. The predicted molar refractivity (Wildman–Crippen MR) is 68.7 cm³/mol. The summed E-state index contributed by atoms with van der Waals surface area (Å²) in [7, 11) is -3.45. The lowest BCUT2D eigenvalue weighted by Gasteiger charge is -2.29. The van der Waals surface area contributed by atoms with Crippen LogP contribution in [0.15, 0.2) is 29.2 Å². The first-order valence-corrected chi connectivity index (χ1v) is 7.45. The smallest absolute Gasteiger partial charge is 0.243 e. The van der Waals surface area contributed by atoms with E-state index in [-0.39, 0.29) is 18.2 Å². The largest absolute Gasteiger partial charge is 0.299 e. The van der Waals surface area contributed by atoms with E-state index in [4.69, 9.17) is 0 Å². The second-order valence-corrected chi connectivity index (χ2v) is 6.73. The molecule has 0 radical (unpaired) electrons. The minimum atomic E-state index is -3.45. The first-order valence-electron chi connectivity index (χ1n) is 6.01. The first kappa shape index (κ1) is 13.2. The molecule has 98 valence electrons. The monoisotopic (exact) mass is 267 g/mol. The highest BCUT2D eigenvalue weighted by Crippen LogP contribution is 2.21. The summed E-state index contributed by atoms with van der Waals surface area (Å²) in [6.45, 7) is 4.27. The lowest BCUT2D eigenvalue weighted by atomic mass is 10.0. The minimum Gasteiger partial charge on any atom is -0.299 e. The molecule has 1 aliphatic heterocycles. The Balaban J connectivity index is 2.26. The molecule has 1 fully saturated rings. The van der Waals surface area contributed by atoms with Crippen molar-refractivity contribution in [2.75, 3.05) is 13.1 Å². The number of rotatable bonds is 2. The Morgan fingerprint density at radius 3 is 2.39 bits per heavy atom. The summed E-state index contributed by atoms with van der Waals surface area (Å²) in [6.07, 6.45) is 0.312. The molecular weight excluding hydrogens is 250 g/mol. The van der Waals surface area contributed by atoms with Gasteiger partial charge in [0, 0.05) is 25.4 Å². The summed E-state index contributed by atoms with van der Waals surface area (Å²) in [5.74, 6) is -0.0654. The predicted octanol–water partition coefficient (Wildman–Crippen LogP) is 1.59. The minimum absolute atomic E-state index is 0.144. The number of hydrogen-bond donors (Lipinski definition) is 0. The summed E-state index contributed by atoms with van der Waals surface area (Å²) in [4.78, 5) is 11.7. The van der Waals surface area contributed by atoms with Gasteiger partial charge in [-0.15, -0.1) is 0 Å². The van der Waals surface area contributed by atoms with Crippen LogP contribution in [-0.2, 0) is 14.8 Å². The molecule has 5 heteroatoms. The van der Waals surface area contributed by atoms with Crippen LogP contribution in [0, 0.1) is 12.8 Å². The van der Waals surface area contributed by atoms with Crippen LogP contribution < -0.4 is 0 Å². The van der Waals surface area contributed by atoms with Gasteiger partial charge in [-0.1, -0.05) is 24.6 Å². The highest BCUT2D eigenvalue weighted by atomic mass is 32.2. The molecule has 0 amide bonds. The topological polar surface area (TPSA) is 54.5 Å². The number of piperidine rings is 1. The molecular formula is C13H17NO3S. The van der Waals surface area contributed by atoms with Gasteiger partial charge in [0.05, 0.1) is 4.90 Å². The van der Waals surface area contributed by atoms with Crippen LogP contribution in [0.25, 0.3) is 0 Å². The van der Waals surface area contributed by atoms with Gasteiger partial charge in [0.15, 0.2) is 0 Å². The fourth-order valence-corrected chi connectivity index (χ4v) is 3.59. The van der Waals surface area contributed by atoms with Crippen LogP contribution in [0.4, 0.5) is 0 Å². The Hall–Kier alpha value is -1.20. The van der Waals surface area contributed by atoms with Gasteiger partial charge in [-0.2, -0.15) is 4.31 Å². The average molecular weight is 267 g/mol. The van der Waals surface area contributed by atoms with E-state index < -0.39 is 10.0 Å². The molecule has 1 aliphatic rings. The van der Waals surface area contributed by atoms with E-state index in [9.17, 15) is 13.2 Å². The molecule has 0 unspecified atom stereocenters. The van der Waals surface area contributed by atoms with E-state index >= 15 is 0 Å². The second-order valence-electron chi connectivity index (χ2n) is 4.79. The maximum atomic E-state index is 12.4. The number of benzene rings is 1. The number of carbonyl (C=O) groups excluding carboxylic acids is 1. The summed E-state index contributed by atoms with van der Waals surface area (Å²) in [5.41, 5.74) is 1.02. The third-order valence-corrected chi connectivity index (χ3v) is 5.17. The molecule has 1 aromatic rings. The van der Waals surface area contributed by atoms with E-state index in [2.05, 4.69) is 0 Å². The molecule has 0 aliphatic carbocycles. The van der Waals surface area contributed by atoms with Crippen LogP contribution in [0.5, 0.6) is 0 Å². The van der Waals surface area contributed by atoms with Crippen molar-refractivity contribution in [3.05, 3.63) is 29.8 Å². The number of carbonyl (C=O) groups is 1. The lowest BCUT2D eigenvalue weighted by Crippen LogP contribution is -2.43. The number of Topliss-reactive ketones (excluding diaryl/α,β-unsaturated/α-hetero) is 1. The van der Waals surface area contributed by atoms with E-state index in [1.807, 2.05) is 6.92 Å². The van der Waals surface area contributed by atoms with E-state index in [0.717, 1.165) is 5.56 Å². The van der Waals surface area contributed by atoms with Crippen LogP contribution in [0.1, 0.15) is 18.9 Å². The Bertz CT molecular complexity index is 548. The molecule has 0 spiro atoms. The number of sulfonamides is 1. The van der Waals surface area contributed by atoms with Gasteiger partial charge in [0.2, 0.25) is 10.0 Å². The molecule has 2 rings (SSSR count). The normalized spacial score (nSPS) is 22.1. The molecule has 18 heavy (non-hydrogen) atoms. The number of aryl methyl sites for hydroxylation is 1. The number of nitrogens with zero attached hydrogens (tertiary/aromatic N) is 1. The molecule has 0 bridgehead atoms. The highest BCUT2D eigenvalue weighted by Gasteiger charge is 2.32. The summed E-state index contributed by atoms with van der Waals surface area (Å²) in [6, 6.07) is 6.80. The van der Waals surface area contributed by atoms with Crippen LogP contribution in [0.2, 0.25) is 0 Å². The maximum absolute atomic E-state index is 12.4. The molecule has 4 nitrogen and oxygen atoms in total. The van der Waals surface area contributed by atoms with Gasteiger partial charge in [0.1, 0.15) is 5.78 Å². The fourth-order valence-electron chi connectivity index (χ4n) is 2.06. The zero-order valence-electron chi connectivity index (χ0n) is 10.6. The Labute approximate surface area is 108 Å². The molecule has 1 aromatic carbocycles. The summed E-state index contributed by atoms with van der Waals surface area (Å²) in [5, 5.41) is 0. The summed E-state index contributed by atoms with van der Waals surface area (Å²) >= 11 is 0. The van der Waals surface area contributed by atoms with Gasteiger partial charge < -0.3 is 0 Å². The third kappa shape index (κ3) is 2.47. The molecule has 1 atom stereocenters. The van der Waals surface area contributed by atoms with Gasteiger partial charge in [0.25, 0.3) is 0 Å². The molecule has 0 N–H and O–H groups in total. The second kappa shape index (κ2) is 4.82. The van der Waals surface area contributed by atoms with Crippen molar-refractivity contribution >= 4 is 15.8 Å². The van der Waals surface area contributed by atoms with Gasteiger partial charge in [-0.25, -0.2) is 8.42 Å². The van der Waals surface area contributed by atoms with E-state index in [1.54, 1.807) is 31.2 Å². The van der Waals surface area contributed by atoms with Crippen LogP contribution in [-0.4, -0.2) is 31.6 Å². The number of ketones is 1. The van der Waals surface area contributed by atoms with Crippen molar-refractivity contribution in [2.45, 2.75) is 25.2 Å². The van der Waals surface area contributed by atoms with Crippen LogP contribution in [0.3, 0.4) is 0 Å². The Morgan fingerprint density at radius 1 is 1.22 bits per heavy atom. The molecule has 0 aromatic heterocycles. The van der Waals surface area contributed by atoms with E-state index in [0.29, 0.717) is 17.9 Å². The van der Waals surface area contributed by atoms with Crippen molar-refractivity contribution in [3.63, 3.8) is 0 Å². The van der Waals surface area contributed by atoms with Crippen LogP contribution >= 0.6 is 0 Å². The molecule has 0 saturated carbocycles. The van der Waals surface area contributed by atoms with Crippen molar-refractivity contribution in [1.29, 1.82) is 0 Å². The summed E-state index contributed by atoms with van der Waals surface area (Å²) < 4.78 is 26.1. The zero-order valence-corrected chi connectivity index (χ0v) is 11.4. The molecule has 1 heterocycles. The van der Waals surface area contributed by atoms with Crippen molar-refractivity contribution in [3.8, 4) is 0 Å². The van der Waals surface area contributed by atoms with Gasteiger partial charge in [-0.3, -0.25) is 4.79 Å². The molecule has 1 saturated heterocycles. The lowest BCUT2D eigenvalue weighted by molar-refractivity contribution is -0.124. The van der Waals surface area contributed by atoms with Gasteiger partial charge >= 0.3 is 0 Å². The quantitative estimate of drug-likeness (QED) is 0.817. The van der Waals surface area contributed by atoms with Crippen molar-refractivity contribution in [2.24, 2.45) is 5.92 Å². The SMILES string of the molecule is Cc1ccc(S(=O)(=O)N2CCC(=O)[C@@H](C)C2)cc1. The van der Waals surface area contributed by atoms with Crippen molar-refractivity contribution in [1.82, 2.24) is 4.31 Å². The first-order chi connectivity index (χ1) is 8.41. The average Bonchev–Trinajstić information content (AvgIpc) is 2.33. The van der Waals surface area contributed by atoms with Gasteiger partial charge in [-0.05, 0) is 19.1 Å². The fraction of sp³-hybridized carbons (Fsp3) is 0.462. The Kier molecular flexibility index (Phi) is 3.54. The number of hydrogen-bond acceptors (Lipinski definition) is 3. The third-order valence-electron chi connectivity index (χ3n) is 3.29. The van der Waals surface area contributed by atoms with Crippen molar-refractivity contribution < 1.29 is 13.2 Å². The zero-order chi connectivity index (χ0) is 13.3. The highest BCUT2D eigenvalue weighted by molar-refractivity contribution is 7.89. The van der Waals surface area contributed by atoms with E-state index in [1.165, 1.54) is 4.31 Å². The maximum Gasteiger partial charge on any atom is 0.243 e.